The molecule has 9 heteroatoms. The van der Waals surface area contributed by atoms with Gasteiger partial charge in [-0.1, -0.05) is 18.6 Å². The Morgan fingerprint density at radius 1 is 1.22 bits per heavy atom. The smallest absolute Gasteiger partial charge is 0.255 e. The molecule has 0 spiro atoms. The third kappa shape index (κ3) is 4.14. The summed E-state index contributed by atoms with van der Waals surface area (Å²) in [6, 6.07) is 5.47. The van der Waals surface area contributed by atoms with Gasteiger partial charge in [-0.25, -0.2) is 4.98 Å². The Bertz CT molecular complexity index is 1070. The van der Waals surface area contributed by atoms with E-state index in [1.54, 1.807) is 16.2 Å². The van der Waals surface area contributed by atoms with Crippen LogP contribution in [0.4, 0.5) is 5.13 Å². The molecular weight excluding hydrogens is 426 g/mol. The molecule has 2 aromatic rings. The molecule has 3 amide bonds. The monoisotopic (exact) mass is 453 g/mol. The molecule has 3 aliphatic rings. The van der Waals surface area contributed by atoms with Crippen molar-refractivity contribution in [2.75, 3.05) is 5.32 Å². The van der Waals surface area contributed by atoms with Gasteiger partial charge in [0, 0.05) is 42.4 Å². The van der Waals surface area contributed by atoms with Gasteiger partial charge in [-0.15, -0.1) is 11.3 Å². The summed E-state index contributed by atoms with van der Waals surface area (Å²) in [6.07, 6.45) is 5.06. The Morgan fingerprint density at radius 2 is 2.09 bits per heavy atom. The van der Waals surface area contributed by atoms with Gasteiger partial charge in [0.25, 0.3) is 5.91 Å². The Morgan fingerprint density at radius 3 is 2.91 bits per heavy atom. The largest absolute Gasteiger partial charge is 0.357 e. The summed E-state index contributed by atoms with van der Waals surface area (Å²) in [4.78, 5) is 42.8. The third-order valence-electron chi connectivity index (χ3n) is 6.69. The number of aromatic nitrogens is 1. The van der Waals surface area contributed by atoms with E-state index < -0.39 is 6.04 Å². The first kappa shape index (κ1) is 21.1. The van der Waals surface area contributed by atoms with Crippen LogP contribution >= 0.6 is 11.3 Å². The highest BCUT2D eigenvalue weighted by Gasteiger charge is 2.39. The molecule has 0 radical (unpaired) electrons. The number of thiazole rings is 1. The van der Waals surface area contributed by atoms with Gasteiger partial charge in [0.15, 0.2) is 5.13 Å². The van der Waals surface area contributed by atoms with E-state index in [0.717, 1.165) is 47.6 Å². The summed E-state index contributed by atoms with van der Waals surface area (Å²) in [5.74, 6) is -0.359. The number of anilines is 1. The van der Waals surface area contributed by atoms with Crippen molar-refractivity contribution in [2.24, 2.45) is 5.73 Å². The lowest BCUT2D eigenvalue weighted by Gasteiger charge is -2.29. The summed E-state index contributed by atoms with van der Waals surface area (Å²) < 4.78 is 0. The number of imide groups is 1. The lowest BCUT2D eigenvalue weighted by molar-refractivity contribution is -0.136. The van der Waals surface area contributed by atoms with Crippen LogP contribution in [0.5, 0.6) is 0 Å². The summed E-state index contributed by atoms with van der Waals surface area (Å²) in [7, 11) is 0. The van der Waals surface area contributed by atoms with Gasteiger partial charge >= 0.3 is 0 Å². The maximum atomic E-state index is 12.8. The fourth-order valence-corrected chi connectivity index (χ4v) is 5.76. The fourth-order valence-electron chi connectivity index (χ4n) is 4.97. The van der Waals surface area contributed by atoms with E-state index in [1.807, 2.05) is 18.2 Å². The van der Waals surface area contributed by atoms with Crippen LogP contribution < -0.4 is 16.4 Å². The Balaban J connectivity index is 1.22. The Labute approximate surface area is 190 Å². The van der Waals surface area contributed by atoms with Crippen molar-refractivity contribution < 1.29 is 14.4 Å². The van der Waals surface area contributed by atoms with E-state index in [-0.39, 0.29) is 30.2 Å². The molecule has 1 saturated carbocycles. The number of nitrogens with two attached hydrogens (primary N) is 1. The average molecular weight is 454 g/mol. The van der Waals surface area contributed by atoms with Crippen molar-refractivity contribution in [1.82, 2.24) is 15.2 Å². The van der Waals surface area contributed by atoms with Gasteiger partial charge in [0.1, 0.15) is 6.04 Å². The molecule has 3 atom stereocenters. The van der Waals surface area contributed by atoms with Crippen LogP contribution in [0.2, 0.25) is 0 Å². The fraction of sp³-hybridized carbons (Fsp3) is 0.478. The van der Waals surface area contributed by atoms with Crippen LogP contribution in [0.15, 0.2) is 23.6 Å². The molecule has 2 aliphatic heterocycles. The first-order valence-corrected chi connectivity index (χ1v) is 12.1. The second-order valence-corrected chi connectivity index (χ2v) is 9.80. The minimum absolute atomic E-state index is 0.149. The number of carbonyl (C=O) groups excluding carboxylic acids is 3. The van der Waals surface area contributed by atoms with Crippen LogP contribution in [0.1, 0.15) is 71.6 Å². The first-order valence-electron chi connectivity index (χ1n) is 11.2. The highest BCUT2D eigenvalue weighted by molar-refractivity contribution is 7.13. The van der Waals surface area contributed by atoms with Crippen molar-refractivity contribution in [3.05, 3.63) is 46.0 Å². The molecule has 1 saturated heterocycles. The van der Waals surface area contributed by atoms with E-state index in [4.69, 9.17) is 10.7 Å². The number of nitrogens with one attached hydrogen (secondary N) is 2. The SMILES string of the molecule is N[C@@H]1CCC[C@H](c2csc(NCc3ccc4c(c3)CN(C3CCC(=O)NC3=O)C4=O)n2)C1. The molecule has 5 rings (SSSR count). The quantitative estimate of drug-likeness (QED) is 0.599. The minimum Gasteiger partial charge on any atom is -0.357 e. The maximum absolute atomic E-state index is 12.8. The summed E-state index contributed by atoms with van der Waals surface area (Å²) in [6.45, 7) is 0.995. The topological polar surface area (TPSA) is 117 Å². The van der Waals surface area contributed by atoms with Crippen molar-refractivity contribution in [1.29, 1.82) is 0 Å². The van der Waals surface area contributed by atoms with E-state index in [2.05, 4.69) is 16.0 Å². The number of hydrogen-bond donors (Lipinski definition) is 3. The zero-order chi connectivity index (χ0) is 22.2. The molecule has 1 aliphatic carbocycles. The minimum atomic E-state index is -0.587. The third-order valence-corrected chi connectivity index (χ3v) is 7.50. The van der Waals surface area contributed by atoms with Crippen molar-refractivity contribution in [2.45, 2.75) is 69.6 Å². The number of carbonyl (C=O) groups is 3. The Kier molecular flexibility index (Phi) is 5.69. The van der Waals surface area contributed by atoms with Crippen LogP contribution in [0.3, 0.4) is 0 Å². The zero-order valence-corrected chi connectivity index (χ0v) is 18.6. The molecule has 1 unspecified atom stereocenters. The molecule has 1 aromatic carbocycles. The molecule has 1 aromatic heterocycles. The predicted molar refractivity (Wildman–Crippen MR) is 121 cm³/mol. The lowest BCUT2D eigenvalue weighted by atomic mass is 9.84. The molecule has 3 heterocycles. The number of benzene rings is 1. The van der Waals surface area contributed by atoms with E-state index >= 15 is 0 Å². The van der Waals surface area contributed by atoms with Crippen molar-refractivity contribution >= 4 is 34.2 Å². The van der Waals surface area contributed by atoms with Gasteiger partial charge in [-0.3, -0.25) is 19.7 Å². The van der Waals surface area contributed by atoms with Crippen molar-refractivity contribution in [3.8, 4) is 0 Å². The van der Waals surface area contributed by atoms with Gasteiger partial charge in [-0.05, 0) is 42.9 Å². The predicted octanol–water partition coefficient (Wildman–Crippen LogP) is 2.50. The van der Waals surface area contributed by atoms with Gasteiger partial charge in [-0.2, -0.15) is 0 Å². The summed E-state index contributed by atoms with van der Waals surface area (Å²) in [5.41, 5.74) is 9.85. The lowest BCUT2D eigenvalue weighted by Crippen LogP contribution is -2.52. The van der Waals surface area contributed by atoms with E-state index in [0.29, 0.717) is 31.0 Å². The highest BCUT2D eigenvalue weighted by Crippen LogP contribution is 2.34. The molecule has 2 fully saturated rings. The normalized spacial score (nSPS) is 25.6. The molecule has 0 bridgehead atoms. The number of piperidine rings is 1. The summed E-state index contributed by atoms with van der Waals surface area (Å²) in [5, 5.41) is 8.75. The standard InChI is InChI=1S/C23H27N5O3S/c24-16-3-1-2-14(9-16)18-12-32-23(26-18)25-10-13-4-5-17-15(8-13)11-28(22(17)31)19-6-7-20(29)27-21(19)30/h4-5,8,12,14,16,19H,1-3,6-7,9-11,24H2,(H,25,26)(H,27,29,30)/t14-,16+,19?/m0/s1. The second kappa shape index (κ2) is 8.63. The van der Waals surface area contributed by atoms with Gasteiger partial charge in [0.2, 0.25) is 11.8 Å². The number of rotatable bonds is 5. The van der Waals surface area contributed by atoms with Crippen LogP contribution in [0.25, 0.3) is 0 Å². The maximum Gasteiger partial charge on any atom is 0.255 e. The van der Waals surface area contributed by atoms with Crippen LogP contribution in [-0.2, 0) is 22.7 Å². The molecule has 4 N–H and O–H groups in total. The van der Waals surface area contributed by atoms with E-state index in [9.17, 15) is 14.4 Å². The number of fused-ring (bicyclic) bond motifs is 1. The summed E-state index contributed by atoms with van der Waals surface area (Å²) >= 11 is 1.61. The zero-order valence-electron chi connectivity index (χ0n) is 17.8. The molecule has 168 valence electrons. The highest BCUT2D eigenvalue weighted by atomic mass is 32.1. The van der Waals surface area contributed by atoms with Gasteiger partial charge in [0.05, 0.1) is 5.69 Å². The van der Waals surface area contributed by atoms with Crippen LogP contribution in [-0.4, -0.2) is 39.7 Å². The molecular formula is C23H27N5O3S. The van der Waals surface area contributed by atoms with Crippen molar-refractivity contribution in [3.63, 3.8) is 0 Å². The Hall–Kier alpha value is -2.78. The number of nitrogens with zero attached hydrogens (tertiary/aromatic N) is 2. The van der Waals surface area contributed by atoms with Crippen LogP contribution in [0, 0.1) is 0 Å². The van der Waals surface area contributed by atoms with Gasteiger partial charge < -0.3 is 16.0 Å². The molecule has 32 heavy (non-hydrogen) atoms. The second-order valence-electron chi connectivity index (χ2n) is 8.95. The average Bonchev–Trinajstić information content (AvgIpc) is 3.37. The van der Waals surface area contributed by atoms with E-state index in [1.165, 1.54) is 0 Å². The first-order chi connectivity index (χ1) is 15.5. The number of hydrogen-bond acceptors (Lipinski definition) is 7. The molecule has 8 nitrogen and oxygen atoms in total. The number of amides is 3.